The third kappa shape index (κ3) is 1.01. The Hall–Kier alpha value is -0.370. The lowest BCUT2D eigenvalue weighted by Crippen LogP contribution is -2.31. The van der Waals surface area contributed by atoms with E-state index in [2.05, 4.69) is 0 Å². The van der Waals surface area contributed by atoms with Crippen LogP contribution in [-0.4, -0.2) is 16.5 Å². The highest BCUT2D eigenvalue weighted by Crippen LogP contribution is 2.49. The molecule has 2 bridgehead atoms. The molecule has 0 saturated heterocycles. The zero-order chi connectivity index (χ0) is 8.93. The van der Waals surface area contributed by atoms with Crippen LogP contribution in [0.4, 0.5) is 0 Å². The van der Waals surface area contributed by atoms with Crippen molar-refractivity contribution in [3.8, 4) is 0 Å². The minimum atomic E-state index is -0.564. The fraction of sp³-hybridized carbons (Fsp3) is 0.900. The van der Waals surface area contributed by atoms with E-state index in [1.54, 1.807) is 0 Å². The molecule has 2 fully saturated rings. The monoisotopic (exact) mass is 168 g/mol. The molecule has 4 atom stereocenters. The molecular weight excluding hydrogens is 152 g/mol. The van der Waals surface area contributed by atoms with Gasteiger partial charge in [-0.15, -0.1) is 0 Å². The lowest BCUT2D eigenvalue weighted by atomic mass is 9.79. The van der Waals surface area contributed by atoms with Crippen molar-refractivity contribution in [3.63, 3.8) is 0 Å². The number of hydrogen-bond acceptors (Lipinski definition) is 2. The van der Waals surface area contributed by atoms with Crippen LogP contribution in [-0.2, 0) is 4.79 Å². The molecule has 0 aromatic rings. The van der Waals surface area contributed by atoms with Gasteiger partial charge in [-0.05, 0) is 31.6 Å². The first-order valence-electron chi connectivity index (χ1n) is 4.76. The number of carbonyl (C=O) groups is 1. The topological polar surface area (TPSA) is 37.3 Å². The second-order valence-electron chi connectivity index (χ2n) is 4.71. The number of rotatable bonds is 0. The van der Waals surface area contributed by atoms with Crippen LogP contribution >= 0.6 is 0 Å². The summed E-state index contributed by atoms with van der Waals surface area (Å²) in [5.74, 6) is 1.24. The molecule has 0 amide bonds. The van der Waals surface area contributed by atoms with Crippen LogP contribution in [0.1, 0.15) is 33.1 Å². The zero-order valence-electron chi connectivity index (χ0n) is 7.71. The van der Waals surface area contributed by atoms with Gasteiger partial charge in [-0.2, -0.15) is 0 Å². The van der Waals surface area contributed by atoms with Crippen LogP contribution in [0, 0.1) is 17.8 Å². The summed E-state index contributed by atoms with van der Waals surface area (Å²) in [6.45, 7) is 3.88. The molecule has 0 aromatic carbocycles. The van der Waals surface area contributed by atoms with Crippen molar-refractivity contribution in [2.75, 3.05) is 0 Å². The predicted octanol–water partition coefficient (Wildman–Crippen LogP) is 1.37. The number of ketones is 1. The molecule has 2 aliphatic rings. The number of fused-ring (bicyclic) bond motifs is 2. The van der Waals surface area contributed by atoms with Crippen molar-refractivity contribution in [3.05, 3.63) is 0 Å². The summed E-state index contributed by atoms with van der Waals surface area (Å²) in [7, 11) is 0. The Morgan fingerprint density at radius 1 is 1.58 bits per heavy atom. The van der Waals surface area contributed by atoms with Crippen molar-refractivity contribution in [1.29, 1.82) is 0 Å². The van der Waals surface area contributed by atoms with Crippen LogP contribution in [0.5, 0.6) is 0 Å². The Morgan fingerprint density at radius 2 is 2.25 bits per heavy atom. The summed E-state index contributed by atoms with van der Waals surface area (Å²) in [5.41, 5.74) is -0.564. The molecule has 0 aliphatic heterocycles. The Morgan fingerprint density at radius 3 is 2.92 bits per heavy atom. The van der Waals surface area contributed by atoms with Gasteiger partial charge in [-0.1, -0.05) is 6.92 Å². The van der Waals surface area contributed by atoms with E-state index in [1.807, 2.05) is 13.8 Å². The Labute approximate surface area is 73.0 Å². The first kappa shape index (κ1) is 8.24. The van der Waals surface area contributed by atoms with Gasteiger partial charge in [0.05, 0.1) is 5.60 Å². The van der Waals surface area contributed by atoms with Crippen molar-refractivity contribution in [2.24, 2.45) is 17.8 Å². The Kier molecular flexibility index (Phi) is 1.59. The molecule has 2 saturated carbocycles. The van der Waals surface area contributed by atoms with E-state index in [9.17, 15) is 9.90 Å². The standard InChI is InChI=1S/C10H16O2/c1-6-7-3-8(4-9(6)11)10(2,12)5-7/h6-8,12H,3-5H2,1-2H3/t6-,7?,8?,10+/m1/s1. The molecule has 2 aliphatic carbocycles. The maximum Gasteiger partial charge on any atom is 0.136 e. The van der Waals surface area contributed by atoms with Gasteiger partial charge in [0, 0.05) is 12.3 Å². The molecule has 68 valence electrons. The molecule has 0 heterocycles. The average molecular weight is 168 g/mol. The summed E-state index contributed by atoms with van der Waals surface area (Å²) in [6.07, 6.45) is 2.48. The molecule has 0 radical (unpaired) electrons. The normalized spacial score (nSPS) is 52.9. The van der Waals surface area contributed by atoms with Crippen molar-refractivity contribution in [2.45, 2.75) is 38.7 Å². The first-order chi connectivity index (χ1) is 5.50. The number of hydrogen-bond donors (Lipinski definition) is 1. The van der Waals surface area contributed by atoms with Crippen molar-refractivity contribution >= 4 is 5.78 Å². The van der Waals surface area contributed by atoms with E-state index >= 15 is 0 Å². The average Bonchev–Trinajstić information content (AvgIpc) is 2.21. The minimum Gasteiger partial charge on any atom is -0.390 e. The van der Waals surface area contributed by atoms with Gasteiger partial charge >= 0.3 is 0 Å². The van der Waals surface area contributed by atoms with E-state index in [-0.39, 0.29) is 11.8 Å². The van der Waals surface area contributed by atoms with E-state index in [0.717, 1.165) is 12.8 Å². The van der Waals surface area contributed by atoms with E-state index in [0.29, 0.717) is 18.1 Å². The number of Topliss-reactive ketones (excluding diaryl/α,β-unsaturated/α-hetero) is 1. The molecule has 0 spiro atoms. The van der Waals surface area contributed by atoms with E-state index in [1.165, 1.54) is 0 Å². The lowest BCUT2D eigenvalue weighted by molar-refractivity contribution is -0.127. The SMILES string of the molecule is C[C@H]1C(=O)CC2CC1C[C@]2(C)O. The van der Waals surface area contributed by atoms with E-state index in [4.69, 9.17) is 0 Å². The number of carbonyl (C=O) groups excluding carboxylic acids is 1. The molecule has 12 heavy (non-hydrogen) atoms. The summed E-state index contributed by atoms with van der Waals surface area (Å²) >= 11 is 0. The van der Waals surface area contributed by atoms with Gasteiger partial charge in [-0.25, -0.2) is 0 Å². The summed E-state index contributed by atoms with van der Waals surface area (Å²) in [6, 6.07) is 0. The molecule has 2 unspecified atom stereocenters. The molecule has 1 N–H and O–H groups in total. The largest absolute Gasteiger partial charge is 0.390 e. The molecular formula is C10H16O2. The molecule has 0 aromatic heterocycles. The van der Waals surface area contributed by atoms with Crippen LogP contribution in [0.15, 0.2) is 0 Å². The maximum absolute atomic E-state index is 11.4. The first-order valence-corrected chi connectivity index (χ1v) is 4.76. The second kappa shape index (κ2) is 2.32. The van der Waals surface area contributed by atoms with Crippen LogP contribution in [0.25, 0.3) is 0 Å². The fourth-order valence-electron chi connectivity index (χ4n) is 2.78. The highest BCUT2D eigenvalue weighted by atomic mass is 16.3. The highest BCUT2D eigenvalue weighted by Gasteiger charge is 2.49. The van der Waals surface area contributed by atoms with Crippen molar-refractivity contribution in [1.82, 2.24) is 0 Å². The highest BCUT2D eigenvalue weighted by molar-refractivity contribution is 5.82. The van der Waals surface area contributed by atoms with Gasteiger partial charge in [-0.3, -0.25) is 4.79 Å². The third-order valence-corrected chi connectivity index (χ3v) is 3.80. The van der Waals surface area contributed by atoms with Gasteiger partial charge in [0.15, 0.2) is 0 Å². The Balaban J connectivity index is 2.24. The molecule has 2 rings (SSSR count). The van der Waals surface area contributed by atoms with Gasteiger partial charge in [0.1, 0.15) is 5.78 Å². The van der Waals surface area contributed by atoms with Crippen LogP contribution in [0.3, 0.4) is 0 Å². The molecule has 2 heteroatoms. The van der Waals surface area contributed by atoms with Crippen LogP contribution in [0.2, 0.25) is 0 Å². The summed E-state index contributed by atoms with van der Waals surface area (Å²) < 4.78 is 0. The Bertz CT molecular complexity index is 220. The van der Waals surface area contributed by atoms with Crippen molar-refractivity contribution < 1.29 is 9.90 Å². The van der Waals surface area contributed by atoms with Gasteiger partial charge in [0.2, 0.25) is 0 Å². The zero-order valence-corrected chi connectivity index (χ0v) is 7.71. The van der Waals surface area contributed by atoms with Gasteiger partial charge in [0.25, 0.3) is 0 Å². The predicted molar refractivity (Wildman–Crippen MR) is 45.6 cm³/mol. The summed E-state index contributed by atoms with van der Waals surface area (Å²) in [4.78, 5) is 11.4. The number of aliphatic hydroxyl groups is 1. The van der Waals surface area contributed by atoms with Crippen LogP contribution < -0.4 is 0 Å². The van der Waals surface area contributed by atoms with Gasteiger partial charge < -0.3 is 5.11 Å². The lowest BCUT2D eigenvalue weighted by Gasteiger charge is -2.26. The maximum atomic E-state index is 11.4. The quantitative estimate of drug-likeness (QED) is 0.593. The fourth-order valence-corrected chi connectivity index (χ4v) is 2.78. The summed E-state index contributed by atoms with van der Waals surface area (Å²) in [5, 5.41) is 9.95. The third-order valence-electron chi connectivity index (χ3n) is 3.80. The van der Waals surface area contributed by atoms with E-state index < -0.39 is 5.60 Å². The smallest absolute Gasteiger partial charge is 0.136 e. The minimum absolute atomic E-state index is 0.190. The second-order valence-corrected chi connectivity index (χ2v) is 4.71. The molecule has 2 nitrogen and oxygen atoms in total.